The fraction of sp³-hybridized carbons (Fsp3) is 0.286. The molecule has 1 aromatic carbocycles. The number of thiol groups is 1. The molecule has 21 heavy (non-hydrogen) atoms. The number of carbonyl (C=O) groups excluding carboxylic acids is 2. The summed E-state index contributed by atoms with van der Waals surface area (Å²) >= 11 is 4.17. The van der Waals surface area contributed by atoms with E-state index < -0.39 is 11.9 Å². The number of nitrogens with one attached hydrogen (secondary N) is 1. The average Bonchev–Trinajstić information content (AvgIpc) is 2.40. The molecule has 0 heterocycles. The molecular weight excluding hydrogens is 301 g/mol. The summed E-state index contributed by atoms with van der Waals surface area (Å²) in [7, 11) is 0. The van der Waals surface area contributed by atoms with Gasteiger partial charge in [-0.1, -0.05) is 18.2 Å². The first-order valence-electron chi connectivity index (χ1n) is 6.19. The Morgan fingerprint density at radius 2 is 1.52 bits per heavy atom. The third-order valence-electron chi connectivity index (χ3n) is 2.23. The quantitative estimate of drug-likeness (QED) is 0.209. The summed E-state index contributed by atoms with van der Waals surface area (Å²) in [5, 5.41) is 2.95. The van der Waals surface area contributed by atoms with E-state index in [1.807, 2.05) is 18.2 Å². The molecule has 1 rings (SSSR count). The second-order valence-corrected chi connectivity index (χ2v) is 4.10. The van der Waals surface area contributed by atoms with Crippen LogP contribution in [0.2, 0.25) is 0 Å². The van der Waals surface area contributed by atoms with Gasteiger partial charge in [-0.15, -0.1) is 12.6 Å². The van der Waals surface area contributed by atoms with Crippen molar-refractivity contribution in [3.8, 4) is 0 Å². The van der Waals surface area contributed by atoms with Gasteiger partial charge in [0, 0.05) is 5.69 Å². The summed E-state index contributed by atoms with van der Waals surface area (Å²) in [6.07, 6.45) is 0. The SMILES string of the molecule is CCOC(=O)C(C(=O)OCC)=C(S)Nc1ccccc1.[NaH]. The molecule has 0 atom stereocenters. The van der Waals surface area contributed by atoms with Gasteiger partial charge >= 0.3 is 41.5 Å². The molecule has 0 radical (unpaired) electrons. The maximum atomic E-state index is 11.8. The molecule has 0 unspecified atom stereocenters. The van der Waals surface area contributed by atoms with Gasteiger partial charge in [-0.2, -0.15) is 0 Å². The Labute approximate surface area is 151 Å². The molecule has 0 aromatic heterocycles. The van der Waals surface area contributed by atoms with E-state index in [1.54, 1.807) is 26.0 Å². The molecule has 0 aliphatic heterocycles. The molecule has 0 aliphatic carbocycles. The first-order valence-corrected chi connectivity index (χ1v) is 6.64. The van der Waals surface area contributed by atoms with Crippen molar-refractivity contribution in [3.05, 3.63) is 40.9 Å². The molecular formula is C14H18NNaO4S. The Kier molecular flexibility index (Phi) is 10.2. The summed E-state index contributed by atoms with van der Waals surface area (Å²) in [5.74, 6) is -1.53. The van der Waals surface area contributed by atoms with E-state index in [1.165, 1.54) is 0 Å². The summed E-state index contributed by atoms with van der Waals surface area (Å²) in [6, 6.07) is 9.05. The van der Waals surface area contributed by atoms with Crippen LogP contribution in [-0.4, -0.2) is 54.7 Å². The predicted octanol–water partition coefficient (Wildman–Crippen LogP) is 1.72. The molecule has 5 nitrogen and oxygen atoms in total. The predicted molar refractivity (Wildman–Crippen MR) is 86.5 cm³/mol. The van der Waals surface area contributed by atoms with Crippen molar-refractivity contribution in [2.45, 2.75) is 13.8 Å². The third-order valence-corrected chi connectivity index (χ3v) is 2.57. The van der Waals surface area contributed by atoms with E-state index >= 15 is 0 Å². The van der Waals surface area contributed by atoms with Crippen molar-refractivity contribution in [3.63, 3.8) is 0 Å². The number of hydrogen-bond acceptors (Lipinski definition) is 6. The van der Waals surface area contributed by atoms with Crippen LogP contribution in [0.1, 0.15) is 13.8 Å². The second-order valence-electron chi connectivity index (χ2n) is 3.66. The van der Waals surface area contributed by atoms with E-state index in [0.29, 0.717) is 5.69 Å². The van der Waals surface area contributed by atoms with E-state index in [-0.39, 0.29) is 53.4 Å². The van der Waals surface area contributed by atoms with Gasteiger partial charge in [-0.3, -0.25) is 0 Å². The van der Waals surface area contributed by atoms with Gasteiger partial charge < -0.3 is 14.8 Å². The zero-order valence-electron chi connectivity index (χ0n) is 11.4. The maximum absolute atomic E-state index is 11.8. The molecule has 1 N–H and O–H groups in total. The molecule has 0 bridgehead atoms. The van der Waals surface area contributed by atoms with Crippen molar-refractivity contribution >= 4 is 59.8 Å². The van der Waals surface area contributed by atoms with Gasteiger partial charge in [0.2, 0.25) is 0 Å². The van der Waals surface area contributed by atoms with Crippen LogP contribution in [0, 0.1) is 0 Å². The number of hydrogen-bond donors (Lipinski definition) is 2. The molecule has 0 spiro atoms. The van der Waals surface area contributed by atoms with Crippen molar-refractivity contribution in [1.29, 1.82) is 0 Å². The van der Waals surface area contributed by atoms with Crippen LogP contribution >= 0.6 is 12.6 Å². The number of para-hydroxylation sites is 1. The Bertz CT molecular complexity index is 485. The van der Waals surface area contributed by atoms with Crippen LogP contribution in [0.25, 0.3) is 0 Å². The van der Waals surface area contributed by atoms with Crippen LogP contribution in [0.4, 0.5) is 5.69 Å². The molecule has 0 fully saturated rings. The molecule has 7 heteroatoms. The average molecular weight is 319 g/mol. The van der Waals surface area contributed by atoms with Crippen molar-refractivity contribution in [1.82, 2.24) is 0 Å². The third kappa shape index (κ3) is 6.56. The second kappa shape index (κ2) is 10.7. The zero-order chi connectivity index (χ0) is 15.0. The zero-order valence-corrected chi connectivity index (χ0v) is 12.3. The first kappa shape index (κ1) is 20.1. The van der Waals surface area contributed by atoms with E-state index in [0.717, 1.165) is 0 Å². The normalized spacial score (nSPS) is 9.10. The molecule has 0 aliphatic rings. The number of carbonyl (C=O) groups is 2. The fourth-order valence-corrected chi connectivity index (χ4v) is 1.72. The summed E-state index contributed by atoms with van der Waals surface area (Å²) in [5.41, 5.74) is 0.449. The van der Waals surface area contributed by atoms with Crippen LogP contribution in [0.15, 0.2) is 40.9 Å². The van der Waals surface area contributed by atoms with Gasteiger partial charge in [0.25, 0.3) is 0 Å². The van der Waals surface area contributed by atoms with Crippen LogP contribution in [-0.2, 0) is 19.1 Å². The summed E-state index contributed by atoms with van der Waals surface area (Å²) < 4.78 is 9.69. The number of esters is 2. The van der Waals surface area contributed by atoms with Gasteiger partial charge in [0.15, 0.2) is 5.57 Å². The van der Waals surface area contributed by atoms with Crippen LogP contribution in [0.3, 0.4) is 0 Å². The van der Waals surface area contributed by atoms with Crippen LogP contribution in [0.5, 0.6) is 0 Å². The van der Waals surface area contributed by atoms with Crippen molar-refractivity contribution < 1.29 is 19.1 Å². The molecule has 1 aromatic rings. The van der Waals surface area contributed by atoms with Crippen molar-refractivity contribution in [2.24, 2.45) is 0 Å². The van der Waals surface area contributed by atoms with E-state index in [9.17, 15) is 9.59 Å². The Balaban J connectivity index is 0.00000400. The Morgan fingerprint density at radius 1 is 1.05 bits per heavy atom. The first-order chi connectivity index (χ1) is 9.60. The van der Waals surface area contributed by atoms with Gasteiger partial charge in [0.05, 0.1) is 18.2 Å². The van der Waals surface area contributed by atoms with E-state index in [4.69, 9.17) is 9.47 Å². The Hall–Kier alpha value is -0.950. The molecule has 0 saturated heterocycles. The fourth-order valence-electron chi connectivity index (χ4n) is 1.40. The standard InChI is InChI=1S/C14H17NO4S.Na.H/c1-3-18-13(16)11(14(17)19-4-2)12(20)15-10-8-6-5-7-9-10;;/h5-9,15,20H,3-4H2,1-2H3;;. The van der Waals surface area contributed by atoms with E-state index in [2.05, 4.69) is 17.9 Å². The summed E-state index contributed by atoms with van der Waals surface area (Å²) in [6.45, 7) is 3.63. The number of benzene rings is 1. The van der Waals surface area contributed by atoms with Gasteiger partial charge in [-0.25, -0.2) is 9.59 Å². The minimum absolute atomic E-state index is 0. The molecule has 0 saturated carbocycles. The van der Waals surface area contributed by atoms with Gasteiger partial charge in [-0.05, 0) is 26.0 Å². The number of anilines is 1. The van der Waals surface area contributed by atoms with Gasteiger partial charge in [0.1, 0.15) is 0 Å². The topological polar surface area (TPSA) is 64.6 Å². The summed E-state index contributed by atoms with van der Waals surface area (Å²) in [4.78, 5) is 23.6. The molecule has 0 amide bonds. The number of ether oxygens (including phenoxy) is 2. The molecule has 110 valence electrons. The minimum atomic E-state index is -0.764. The van der Waals surface area contributed by atoms with Crippen LogP contribution < -0.4 is 5.32 Å². The number of rotatable bonds is 6. The Morgan fingerprint density at radius 3 is 1.95 bits per heavy atom. The van der Waals surface area contributed by atoms with Crippen molar-refractivity contribution in [2.75, 3.05) is 18.5 Å². The monoisotopic (exact) mass is 319 g/mol.